The molecule has 3 aromatic rings. The van der Waals surface area contributed by atoms with Crippen molar-refractivity contribution < 1.29 is 4.79 Å². The number of likely N-dealkylation sites (N-methyl/N-ethyl adjacent to an activating group) is 1. The lowest BCUT2D eigenvalue weighted by Gasteiger charge is -2.13. The quantitative estimate of drug-likeness (QED) is 0.588. The van der Waals surface area contributed by atoms with Crippen LogP contribution in [0.3, 0.4) is 0 Å². The van der Waals surface area contributed by atoms with E-state index in [2.05, 4.69) is 56.7 Å². The van der Waals surface area contributed by atoms with Crippen molar-refractivity contribution in [2.24, 2.45) is 0 Å². The molecule has 0 radical (unpaired) electrons. The minimum atomic E-state index is -0.169. The van der Waals surface area contributed by atoms with Crippen LogP contribution in [0.25, 0.3) is 10.9 Å². The second-order valence-corrected chi connectivity index (χ2v) is 7.00. The summed E-state index contributed by atoms with van der Waals surface area (Å²) < 4.78 is 2.21. The predicted molar refractivity (Wildman–Crippen MR) is 117 cm³/mol. The molecule has 9 heteroatoms. The summed E-state index contributed by atoms with van der Waals surface area (Å²) in [6.07, 6.45) is 2.97. The lowest BCUT2D eigenvalue weighted by atomic mass is 10.1. The van der Waals surface area contributed by atoms with Crippen LogP contribution in [0.15, 0.2) is 30.5 Å². The molecule has 3 N–H and O–H groups in total. The largest absolute Gasteiger partial charge is 0.346 e. The molecule has 0 bridgehead atoms. The molecule has 1 aliphatic rings. The van der Waals surface area contributed by atoms with Gasteiger partial charge in [-0.05, 0) is 37.7 Å². The molecule has 1 aromatic carbocycles. The number of aromatic amines is 1. The number of rotatable bonds is 5. The van der Waals surface area contributed by atoms with E-state index in [1.807, 2.05) is 18.2 Å². The van der Waals surface area contributed by atoms with Crippen LogP contribution in [0.2, 0.25) is 0 Å². The van der Waals surface area contributed by atoms with Crippen molar-refractivity contribution in [1.29, 1.82) is 0 Å². The normalized spacial score (nSPS) is 13.0. The van der Waals surface area contributed by atoms with Gasteiger partial charge in [-0.15, -0.1) is 24.8 Å². The van der Waals surface area contributed by atoms with Gasteiger partial charge in [0.25, 0.3) is 5.91 Å². The lowest BCUT2D eigenvalue weighted by Crippen LogP contribution is -2.25. The molecule has 28 heavy (non-hydrogen) atoms. The van der Waals surface area contributed by atoms with E-state index in [4.69, 9.17) is 0 Å². The number of hydrogen-bond donors (Lipinski definition) is 3. The molecule has 0 spiro atoms. The van der Waals surface area contributed by atoms with Crippen molar-refractivity contribution in [2.75, 3.05) is 32.5 Å². The van der Waals surface area contributed by atoms with Gasteiger partial charge in [-0.1, -0.05) is 6.07 Å². The number of benzene rings is 1. The first-order valence-electron chi connectivity index (χ1n) is 8.93. The van der Waals surface area contributed by atoms with Gasteiger partial charge < -0.3 is 20.1 Å². The van der Waals surface area contributed by atoms with Crippen LogP contribution in [0.1, 0.15) is 21.7 Å². The third kappa shape index (κ3) is 4.50. The summed E-state index contributed by atoms with van der Waals surface area (Å²) in [4.78, 5) is 14.8. The first-order chi connectivity index (χ1) is 12.6. The zero-order valence-electron chi connectivity index (χ0n) is 16.0. The van der Waals surface area contributed by atoms with E-state index in [9.17, 15) is 4.79 Å². The smallest absolute Gasteiger partial charge is 0.276 e. The van der Waals surface area contributed by atoms with Crippen LogP contribution in [0.4, 0.5) is 5.69 Å². The molecule has 1 aliphatic heterocycles. The van der Waals surface area contributed by atoms with Crippen molar-refractivity contribution in [2.45, 2.75) is 19.5 Å². The van der Waals surface area contributed by atoms with Crippen molar-refractivity contribution in [3.05, 3.63) is 47.4 Å². The van der Waals surface area contributed by atoms with E-state index in [0.717, 1.165) is 48.5 Å². The number of aromatic nitrogens is 3. The molecular weight excluding hydrogens is 399 g/mol. The van der Waals surface area contributed by atoms with Crippen LogP contribution >= 0.6 is 24.8 Å². The lowest BCUT2D eigenvalue weighted by molar-refractivity contribution is 0.102. The molecule has 0 saturated heterocycles. The first kappa shape index (κ1) is 22.2. The molecule has 0 saturated carbocycles. The Bertz CT molecular complexity index is 949. The van der Waals surface area contributed by atoms with Gasteiger partial charge in [-0.3, -0.25) is 9.89 Å². The Kier molecular flexibility index (Phi) is 7.48. The number of amides is 1. The van der Waals surface area contributed by atoms with Gasteiger partial charge in [0.05, 0.1) is 5.52 Å². The fourth-order valence-electron chi connectivity index (χ4n) is 3.37. The summed E-state index contributed by atoms with van der Waals surface area (Å²) in [6, 6.07) is 8.11. The van der Waals surface area contributed by atoms with Gasteiger partial charge in [0.2, 0.25) is 0 Å². The average Bonchev–Trinajstić information content (AvgIpc) is 3.23. The van der Waals surface area contributed by atoms with Crippen molar-refractivity contribution in [1.82, 2.24) is 25.0 Å². The van der Waals surface area contributed by atoms with Gasteiger partial charge in [0.1, 0.15) is 0 Å². The number of nitrogens with one attached hydrogen (secondary N) is 3. The fourth-order valence-corrected chi connectivity index (χ4v) is 3.37. The minimum Gasteiger partial charge on any atom is -0.346 e. The third-order valence-electron chi connectivity index (χ3n) is 4.84. The fraction of sp³-hybridized carbons (Fsp3) is 0.368. The topological polar surface area (TPSA) is 78.0 Å². The zero-order valence-corrected chi connectivity index (χ0v) is 17.6. The van der Waals surface area contributed by atoms with E-state index in [1.165, 1.54) is 5.39 Å². The second kappa shape index (κ2) is 9.43. The number of carbonyl (C=O) groups is 1. The Balaban J connectivity index is 0.00000140. The van der Waals surface area contributed by atoms with E-state index in [1.54, 1.807) is 0 Å². The standard InChI is InChI=1S/C19H24N6O.2ClH/c1-24(2)9-10-25-8-6-13-3-4-14(11-17(13)25)21-19(26)18-15-12-20-7-5-16(15)22-23-18;;/h3-4,6,8,11,20H,5,7,9-10,12H2,1-2H3,(H,21,26)(H,22,23);2*1H. The van der Waals surface area contributed by atoms with Crippen molar-refractivity contribution >= 4 is 47.3 Å². The molecule has 3 heterocycles. The number of fused-ring (bicyclic) bond motifs is 2. The van der Waals surface area contributed by atoms with Crippen LogP contribution in [0.5, 0.6) is 0 Å². The van der Waals surface area contributed by atoms with E-state index < -0.39 is 0 Å². The molecule has 7 nitrogen and oxygen atoms in total. The number of carbonyl (C=O) groups excluding carboxylic acids is 1. The summed E-state index contributed by atoms with van der Waals surface area (Å²) in [7, 11) is 4.13. The van der Waals surface area contributed by atoms with Gasteiger partial charge in [-0.2, -0.15) is 5.10 Å². The second-order valence-electron chi connectivity index (χ2n) is 7.00. The van der Waals surface area contributed by atoms with Crippen molar-refractivity contribution in [3.63, 3.8) is 0 Å². The van der Waals surface area contributed by atoms with Gasteiger partial charge in [0.15, 0.2) is 5.69 Å². The number of hydrogen-bond acceptors (Lipinski definition) is 4. The van der Waals surface area contributed by atoms with Gasteiger partial charge in [-0.25, -0.2) is 0 Å². The number of H-pyrrole nitrogens is 1. The summed E-state index contributed by atoms with van der Waals surface area (Å²) in [5, 5.41) is 14.7. The highest BCUT2D eigenvalue weighted by Crippen LogP contribution is 2.22. The summed E-state index contributed by atoms with van der Waals surface area (Å²) in [6.45, 7) is 3.47. The monoisotopic (exact) mass is 424 g/mol. The maximum Gasteiger partial charge on any atom is 0.276 e. The Labute approximate surface area is 176 Å². The Morgan fingerprint density at radius 2 is 2.11 bits per heavy atom. The Morgan fingerprint density at radius 3 is 2.89 bits per heavy atom. The van der Waals surface area contributed by atoms with E-state index >= 15 is 0 Å². The van der Waals surface area contributed by atoms with Gasteiger partial charge in [0, 0.05) is 55.7 Å². The van der Waals surface area contributed by atoms with Crippen LogP contribution in [-0.2, 0) is 19.5 Å². The summed E-state index contributed by atoms with van der Waals surface area (Å²) >= 11 is 0. The molecule has 152 valence electrons. The first-order valence-corrected chi connectivity index (χ1v) is 8.93. The highest BCUT2D eigenvalue weighted by Gasteiger charge is 2.21. The zero-order chi connectivity index (χ0) is 18.1. The van der Waals surface area contributed by atoms with E-state index in [0.29, 0.717) is 12.2 Å². The molecule has 0 aliphatic carbocycles. The molecule has 2 aromatic heterocycles. The summed E-state index contributed by atoms with van der Waals surface area (Å²) in [5.41, 5.74) is 4.42. The minimum absolute atomic E-state index is 0. The van der Waals surface area contributed by atoms with Crippen LogP contribution < -0.4 is 10.6 Å². The number of anilines is 1. The Hall–Kier alpha value is -2.06. The maximum absolute atomic E-state index is 12.7. The maximum atomic E-state index is 12.7. The van der Waals surface area contributed by atoms with Crippen LogP contribution in [0, 0.1) is 0 Å². The predicted octanol–water partition coefficient (Wildman–Crippen LogP) is 2.67. The third-order valence-corrected chi connectivity index (χ3v) is 4.84. The molecule has 4 rings (SSSR count). The SMILES string of the molecule is CN(C)CCn1ccc2ccc(NC(=O)c3n[nH]c4c3CNCC4)cc21.Cl.Cl. The van der Waals surface area contributed by atoms with Crippen molar-refractivity contribution in [3.8, 4) is 0 Å². The highest BCUT2D eigenvalue weighted by atomic mass is 35.5. The number of halogens is 2. The van der Waals surface area contributed by atoms with Crippen LogP contribution in [-0.4, -0.2) is 52.8 Å². The highest BCUT2D eigenvalue weighted by molar-refractivity contribution is 6.04. The molecular formula is C19H26Cl2N6O. The summed E-state index contributed by atoms with van der Waals surface area (Å²) in [5.74, 6) is -0.169. The number of nitrogens with zero attached hydrogens (tertiary/aromatic N) is 3. The average molecular weight is 425 g/mol. The molecule has 0 unspecified atom stereocenters. The molecule has 0 atom stereocenters. The van der Waals surface area contributed by atoms with E-state index in [-0.39, 0.29) is 30.7 Å². The molecule has 1 amide bonds. The Morgan fingerprint density at radius 1 is 1.29 bits per heavy atom. The molecule has 0 fully saturated rings. The van der Waals surface area contributed by atoms with Gasteiger partial charge >= 0.3 is 0 Å².